The Labute approximate surface area is 89.7 Å². The first-order valence-electron chi connectivity index (χ1n) is 5.10. The number of oxime groups is 1. The summed E-state index contributed by atoms with van der Waals surface area (Å²) in [5, 5.41) is 3.97. The van der Waals surface area contributed by atoms with Crippen LogP contribution in [-0.2, 0) is 15.0 Å². The lowest BCUT2D eigenvalue weighted by atomic mass is 9.84. The van der Waals surface area contributed by atoms with Crippen molar-refractivity contribution in [3.63, 3.8) is 0 Å². The van der Waals surface area contributed by atoms with Gasteiger partial charge >= 0.3 is 0 Å². The molecule has 3 nitrogen and oxygen atoms in total. The summed E-state index contributed by atoms with van der Waals surface area (Å²) in [7, 11) is 0. The highest BCUT2D eigenvalue weighted by atomic mass is 16.7. The van der Waals surface area contributed by atoms with E-state index in [0.29, 0.717) is 19.1 Å². The first kappa shape index (κ1) is 10.0. The first-order valence-corrected chi connectivity index (χ1v) is 5.10. The van der Waals surface area contributed by atoms with Gasteiger partial charge in [0, 0.05) is 0 Å². The minimum Gasteiger partial charge on any atom is -0.474 e. The van der Waals surface area contributed by atoms with Gasteiger partial charge in [0.05, 0.1) is 5.41 Å². The van der Waals surface area contributed by atoms with Gasteiger partial charge in [0.1, 0.15) is 6.61 Å². The minimum atomic E-state index is -0.234. The van der Waals surface area contributed by atoms with Gasteiger partial charge in [-0.1, -0.05) is 35.5 Å². The first-order chi connectivity index (χ1) is 7.21. The van der Waals surface area contributed by atoms with E-state index in [1.54, 1.807) is 0 Å². The fourth-order valence-corrected chi connectivity index (χ4v) is 1.58. The lowest BCUT2D eigenvalue weighted by molar-refractivity contribution is 0.0563. The second-order valence-corrected chi connectivity index (χ2v) is 4.07. The summed E-state index contributed by atoms with van der Waals surface area (Å²) in [5.74, 6) is 0.653. The normalized spacial score (nSPS) is 16.3. The van der Waals surface area contributed by atoms with Crippen molar-refractivity contribution in [2.24, 2.45) is 5.16 Å². The average molecular weight is 205 g/mol. The van der Waals surface area contributed by atoms with Gasteiger partial charge in [-0.3, -0.25) is 0 Å². The van der Waals surface area contributed by atoms with Gasteiger partial charge in [-0.05, 0) is 19.4 Å². The highest BCUT2D eigenvalue weighted by Crippen LogP contribution is 2.26. The molecule has 1 heterocycles. The number of ether oxygens (including phenoxy) is 1. The lowest BCUT2D eigenvalue weighted by Crippen LogP contribution is -2.34. The summed E-state index contributed by atoms with van der Waals surface area (Å²) in [4.78, 5) is 5.05. The number of benzene rings is 1. The molecule has 0 aliphatic carbocycles. The topological polar surface area (TPSA) is 30.8 Å². The standard InChI is InChI=1S/C12H15NO2/c1-12(2,10-6-4-3-5-7-10)11-13-15-9-8-14-11/h3-7H,8-9H2,1-2H3. The third-order valence-electron chi connectivity index (χ3n) is 2.59. The third kappa shape index (κ3) is 1.96. The monoisotopic (exact) mass is 205 g/mol. The van der Waals surface area contributed by atoms with Gasteiger partial charge in [0.25, 0.3) is 0 Å². The molecule has 1 aromatic rings. The molecule has 2 rings (SSSR count). The molecule has 0 fully saturated rings. The molecule has 1 aliphatic heterocycles. The summed E-state index contributed by atoms with van der Waals surface area (Å²) in [5.41, 5.74) is 0.941. The maximum Gasteiger partial charge on any atom is 0.235 e. The lowest BCUT2D eigenvalue weighted by Gasteiger charge is -2.28. The fourth-order valence-electron chi connectivity index (χ4n) is 1.58. The number of hydrogen-bond donors (Lipinski definition) is 0. The molecule has 15 heavy (non-hydrogen) atoms. The number of nitrogens with zero attached hydrogens (tertiary/aromatic N) is 1. The summed E-state index contributed by atoms with van der Waals surface area (Å²) < 4.78 is 5.52. The Morgan fingerprint density at radius 1 is 1.13 bits per heavy atom. The summed E-state index contributed by atoms with van der Waals surface area (Å²) in [6.07, 6.45) is 0. The van der Waals surface area contributed by atoms with E-state index in [2.05, 4.69) is 31.1 Å². The predicted molar refractivity (Wildman–Crippen MR) is 58.8 cm³/mol. The van der Waals surface area contributed by atoms with Crippen molar-refractivity contribution in [3.8, 4) is 0 Å². The molecule has 0 aromatic heterocycles. The second-order valence-electron chi connectivity index (χ2n) is 4.07. The van der Waals surface area contributed by atoms with Crippen LogP contribution in [0.2, 0.25) is 0 Å². The van der Waals surface area contributed by atoms with E-state index < -0.39 is 0 Å². The fraction of sp³-hybridized carbons (Fsp3) is 0.417. The SMILES string of the molecule is CC(C)(C1=NOCCO1)c1ccccc1. The Bertz CT molecular complexity index is 357. The molecule has 0 bridgehead atoms. The second kappa shape index (κ2) is 3.93. The average Bonchev–Trinajstić information content (AvgIpc) is 2.31. The van der Waals surface area contributed by atoms with E-state index in [-0.39, 0.29) is 5.41 Å². The van der Waals surface area contributed by atoms with Gasteiger partial charge in [-0.2, -0.15) is 0 Å². The van der Waals surface area contributed by atoms with E-state index in [4.69, 9.17) is 9.57 Å². The third-order valence-corrected chi connectivity index (χ3v) is 2.59. The van der Waals surface area contributed by atoms with E-state index in [1.807, 2.05) is 18.2 Å². The van der Waals surface area contributed by atoms with Crippen molar-refractivity contribution in [2.45, 2.75) is 19.3 Å². The van der Waals surface area contributed by atoms with Gasteiger partial charge in [-0.25, -0.2) is 0 Å². The van der Waals surface area contributed by atoms with Crippen LogP contribution in [0.25, 0.3) is 0 Å². The molecule has 3 heteroatoms. The number of hydrogen-bond acceptors (Lipinski definition) is 3. The van der Waals surface area contributed by atoms with Crippen LogP contribution in [0.3, 0.4) is 0 Å². The minimum absolute atomic E-state index is 0.234. The van der Waals surface area contributed by atoms with E-state index in [9.17, 15) is 0 Å². The summed E-state index contributed by atoms with van der Waals surface area (Å²) >= 11 is 0. The van der Waals surface area contributed by atoms with Crippen molar-refractivity contribution in [3.05, 3.63) is 35.9 Å². The molecule has 0 saturated carbocycles. The molecule has 0 saturated heterocycles. The van der Waals surface area contributed by atoms with E-state index in [0.717, 1.165) is 0 Å². The summed E-state index contributed by atoms with van der Waals surface area (Å²) in [6.45, 7) is 5.27. The molecule has 0 radical (unpaired) electrons. The van der Waals surface area contributed by atoms with Crippen molar-refractivity contribution >= 4 is 5.90 Å². The molecular weight excluding hydrogens is 190 g/mol. The van der Waals surface area contributed by atoms with Crippen LogP contribution in [0.4, 0.5) is 0 Å². The van der Waals surface area contributed by atoms with Gasteiger partial charge in [0.15, 0.2) is 6.61 Å². The van der Waals surface area contributed by atoms with Crippen molar-refractivity contribution in [1.29, 1.82) is 0 Å². The summed E-state index contributed by atoms with van der Waals surface area (Å²) in [6, 6.07) is 10.2. The zero-order valence-corrected chi connectivity index (χ0v) is 9.06. The zero-order chi connectivity index (χ0) is 10.7. The van der Waals surface area contributed by atoms with Crippen molar-refractivity contribution in [2.75, 3.05) is 13.2 Å². The highest BCUT2D eigenvalue weighted by Gasteiger charge is 2.31. The maximum absolute atomic E-state index is 5.52. The largest absolute Gasteiger partial charge is 0.474 e. The van der Waals surface area contributed by atoms with Crippen LogP contribution >= 0.6 is 0 Å². The quantitative estimate of drug-likeness (QED) is 0.741. The molecule has 0 amide bonds. The Kier molecular flexibility index (Phi) is 2.62. The predicted octanol–water partition coefficient (Wildman–Crippen LogP) is 2.32. The maximum atomic E-state index is 5.52. The van der Waals surface area contributed by atoms with Crippen LogP contribution in [0.15, 0.2) is 35.5 Å². The van der Waals surface area contributed by atoms with Crippen molar-refractivity contribution in [1.82, 2.24) is 0 Å². The van der Waals surface area contributed by atoms with Gasteiger partial charge in [0.2, 0.25) is 5.90 Å². The molecule has 1 aliphatic rings. The Morgan fingerprint density at radius 2 is 1.87 bits per heavy atom. The van der Waals surface area contributed by atoms with Crippen LogP contribution in [0.1, 0.15) is 19.4 Å². The Morgan fingerprint density at radius 3 is 2.47 bits per heavy atom. The van der Waals surface area contributed by atoms with Crippen LogP contribution in [-0.4, -0.2) is 19.1 Å². The van der Waals surface area contributed by atoms with E-state index >= 15 is 0 Å². The highest BCUT2D eigenvalue weighted by molar-refractivity contribution is 5.87. The Balaban J connectivity index is 2.30. The molecule has 0 N–H and O–H groups in total. The number of rotatable bonds is 2. The van der Waals surface area contributed by atoms with E-state index in [1.165, 1.54) is 5.56 Å². The van der Waals surface area contributed by atoms with Gasteiger partial charge in [-0.15, -0.1) is 0 Å². The van der Waals surface area contributed by atoms with Crippen molar-refractivity contribution < 1.29 is 9.57 Å². The van der Waals surface area contributed by atoms with Gasteiger partial charge < -0.3 is 9.57 Å². The molecule has 1 aromatic carbocycles. The molecule has 0 atom stereocenters. The molecular formula is C12H15NO2. The molecule has 0 unspecified atom stereocenters. The van der Waals surface area contributed by atoms with Crippen LogP contribution < -0.4 is 0 Å². The zero-order valence-electron chi connectivity index (χ0n) is 9.06. The molecule has 80 valence electrons. The molecule has 0 spiro atoms. The Hall–Kier alpha value is -1.51. The van der Waals surface area contributed by atoms with Crippen LogP contribution in [0, 0.1) is 0 Å². The smallest absolute Gasteiger partial charge is 0.235 e. The van der Waals surface area contributed by atoms with Crippen LogP contribution in [0.5, 0.6) is 0 Å².